The number of anilines is 1. The van der Waals surface area contributed by atoms with Gasteiger partial charge in [0.2, 0.25) is 5.91 Å². The summed E-state index contributed by atoms with van der Waals surface area (Å²) in [6, 6.07) is 9.65. The first kappa shape index (κ1) is 13.1. The molecule has 0 bridgehead atoms. The molecule has 90 valence electrons. The van der Waals surface area contributed by atoms with Crippen molar-refractivity contribution in [3.05, 3.63) is 30.3 Å². The molecular formula is C14H18N2O. The van der Waals surface area contributed by atoms with Crippen molar-refractivity contribution in [2.45, 2.75) is 13.3 Å². The first-order valence-electron chi connectivity index (χ1n) is 5.78. The maximum Gasteiger partial charge on any atom is 0.242 e. The van der Waals surface area contributed by atoms with Crippen molar-refractivity contribution in [2.75, 3.05) is 25.0 Å². The second kappa shape index (κ2) is 7.34. The minimum atomic E-state index is 0.0358. The number of nitrogens with zero attached hydrogens (tertiary/aromatic N) is 1. The summed E-state index contributed by atoms with van der Waals surface area (Å²) in [6.45, 7) is 3.40. The molecule has 0 aromatic heterocycles. The molecule has 1 rings (SSSR count). The summed E-state index contributed by atoms with van der Waals surface area (Å²) in [7, 11) is 0. The fourth-order valence-corrected chi connectivity index (χ4v) is 1.52. The van der Waals surface area contributed by atoms with Gasteiger partial charge in [0.25, 0.3) is 0 Å². The summed E-state index contributed by atoms with van der Waals surface area (Å²) < 4.78 is 0. The van der Waals surface area contributed by atoms with Crippen molar-refractivity contribution < 1.29 is 4.79 Å². The minimum Gasteiger partial charge on any atom is -0.376 e. The number of nitrogens with one attached hydrogen (secondary N) is 1. The van der Waals surface area contributed by atoms with E-state index in [9.17, 15) is 4.79 Å². The quantitative estimate of drug-likeness (QED) is 0.758. The maximum atomic E-state index is 11.9. The first-order valence-corrected chi connectivity index (χ1v) is 5.78. The van der Waals surface area contributed by atoms with Gasteiger partial charge >= 0.3 is 0 Å². The average molecular weight is 230 g/mol. The van der Waals surface area contributed by atoms with E-state index >= 15 is 0 Å². The van der Waals surface area contributed by atoms with Crippen LogP contribution >= 0.6 is 0 Å². The second-order valence-electron chi connectivity index (χ2n) is 3.74. The van der Waals surface area contributed by atoms with Crippen molar-refractivity contribution >= 4 is 11.6 Å². The number of rotatable bonds is 6. The van der Waals surface area contributed by atoms with Crippen molar-refractivity contribution in [3.63, 3.8) is 0 Å². The fourth-order valence-electron chi connectivity index (χ4n) is 1.52. The van der Waals surface area contributed by atoms with E-state index in [1.807, 2.05) is 37.3 Å². The van der Waals surface area contributed by atoms with Crippen molar-refractivity contribution in [3.8, 4) is 12.3 Å². The Morgan fingerprint density at radius 1 is 1.41 bits per heavy atom. The Balaban J connectivity index is 2.45. The van der Waals surface area contributed by atoms with Gasteiger partial charge < -0.3 is 10.2 Å². The zero-order chi connectivity index (χ0) is 12.5. The van der Waals surface area contributed by atoms with Gasteiger partial charge in [-0.1, -0.05) is 31.0 Å². The molecule has 0 unspecified atom stereocenters. The SMILES string of the molecule is C#CCN(CCC)C(=O)CNc1ccccc1. The van der Waals surface area contributed by atoms with Crippen molar-refractivity contribution in [2.24, 2.45) is 0 Å². The highest BCUT2D eigenvalue weighted by Gasteiger charge is 2.10. The molecule has 0 saturated carbocycles. The van der Waals surface area contributed by atoms with Crippen LogP contribution in [-0.2, 0) is 4.79 Å². The molecule has 0 aliphatic rings. The molecule has 0 fully saturated rings. The predicted molar refractivity (Wildman–Crippen MR) is 70.6 cm³/mol. The van der Waals surface area contributed by atoms with E-state index in [2.05, 4.69) is 11.2 Å². The Hall–Kier alpha value is -1.95. The van der Waals surface area contributed by atoms with E-state index < -0.39 is 0 Å². The van der Waals surface area contributed by atoms with E-state index in [0.29, 0.717) is 13.1 Å². The molecule has 3 nitrogen and oxygen atoms in total. The molecule has 0 saturated heterocycles. The van der Waals surface area contributed by atoms with Gasteiger partial charge in [-0.25, -0.2) is 0 Å². The fraction of sp³-hybridized carbons (Fsp3) is 0.357. The van der Waals surface area contributed by atoms with Crippen LogP contribution in [0, 0.1) is 12.3 Å². The van der Waals surface area contributed by atoms with E-state index in [-0.39, 0.29) is 12.5 Å². The Bertz CT molecular complexity index is 381. The number of terminal acetylenes is 1. The van der Waals surface area contributed by atoms with Gasteiger partial charge in [-0.3, -0.25) is 4.79 Å². The normalized spacial score (nSPS) is 9.41. The van der Waals surface area contributed by atoms with Crippen LogP contribution in [0.1, 0.15) is 13.3 Å². The van der Waals surface area contributed by atoms with Crippen LogP contribution in [-0.4, -0.2) is 30.4 Å². The molecule has 1 amide bonds. The monoisotopic (exact) mass is 230 g/mol. The van der Waals surface area contributed by atoms with Crippen LogP contribution in [0.15, 0.2) is 30.3 Å². The standard InChI is InChI=1S/C14H18N2O/c1-3-10-16(11-4-2)14(17)12-15-13-8-6-5-7-9-13/h1,5-9,15H,4,10-12H2,2H3. The molecule has 1 aromatic rings. The van der Waals surface area contributed by atoms with E-state index in [0.717, 1.165) is 12.1 Å². The third-order valence-corrected chi connectivity index (χ3v) is 2.35. The summed E-state index contributed by atoms with van der Waals surface area (Å²) in [5.41, 5.74) is 0.943. The summed E-state index contributed by atoms with van der Waals surface area (Å²) in [4.78, 5) is 13.6. The van der Waals surface area contributed by atoms with Gasteiger partial charge in [-0.15, -0.1) is 6.42 Å². The molecule has 0 atom stereocenters. The lowest BCUT2D eigenvalue weighted by atomic mass is 10.3. The number of para-hydroxylation sites is 1. The lowest BCUT2D eigenvalue weighted by Crippen LogP contribution is -2.36. The Morgan fingerprint density at radius 2 is 2.12 bits per heavy atom. The molecule has 0 radical (unpaired) electrons. The van der Waals surface area contributed by atoms with Crippen molar-refractivity contribution in [1.82, 2.24) is 4.90 Å². The van der Waals surface area contributed by atoms with Crippen LogP contribution in [0.3, 0.4) is 0 Å². The molecular weight excluding hydrogens is 212 g/mol. The van der Waals surface area contributed by atoms with Gasteiger partial charge in [0.05, 0.1) is 13.1 Å². The van der Waals surface area contributed by atoms with Gasteiger partial charge in [-0.2, -0.15) is 0 Å². The van der Waals surface area contributed by atoms with Crippen LogP contribution in [0.4, 0.5) is 5.69 Å². The zero-order valence-electron chi connectivity index (χ0n) is 10.1. The highest BCUT2D eigenvalue weighted by molar-refractivity contribution is 5.81. The number of hydrogen-bond acceptors (Lipinski definition) is 2. The van der Waals surface area contributed by atoms with Crippen LogP contribution < -0.4 is 5.32 Å². The summed E-state index contributed by atoms with van der Waals surface area (Å²) in [5.74, 6) is 2.54. The Labute approximate surface area is 103 Å². The number of hydrogen-bond donors (Lipinski definition) is 1. The Morgan fingerprint density at radius 3 is 2.71 bits per heavy atom. The second-order valence-corrected chi connectivity index (χ2v) is 3.74. The minimum absolute atomic E-state index is 0.0358. The van der Waals surface area contributed by atoms with Gasteiger partial charge in [0, 0.05) is 12.2 Å². The van der Waals surface area contributed by atoms with E-state index in [4.69, 9.17) is 6.42 Å². The number of carbonyl (C=O) groups is 1. The topological polar surface area (TPSA) is 32.3 Å². The number of carbonyl (C=O) groups excluding carboxylic acids is 1. The molecule has 3 heteroatoms. The molecule has 0 aliphatic heterocycles. The highest BCUT2D eigenvalue weighted by atomic mass is 16.2. The lowest BCUT2D eigenvalue weighted by Gasteiger charge is -2.19. The van der Waals surface area contributed by atoms with Crippen LogP contribution in [0.2, 0.25) is 0 Å². The average Bonchev–Trinajstić information content (AvgIpc) is 2.37. The smallest absolute Gasteiger partial charge is 0.242 e. The molecule has 17 heavy (non-hydrogen) atoms. The van der Waals surface area contributed by atoms with E-state index in [1.54, 1.807) is 4.90 Å². The van der Waals surface area contributed by atoms with E-state index in [1.165, 1.54) is 0 Å². The number of amides is 1. The summed E-state index contributed by atoms with van der Waals surface area (Å²) in [5, 5.41) is 3.08. The molecule has 1 N–H and O–H groups in total. The van der Waals surface area contributed by atoms with Gasteiger partial charge in [-0.05, 0) is 18.6 Å². The lowest BCUT2D eigenvalue weighted by molar-refractivity contribution is -0.128. The third-order valence-electron chi connectivity index (χ3n) is 2.35. The third kappa shape index (κ3) is 4.60. The van der Waals surface area contributed by atoms with Crippen LogP contribution in [0.5, 0.6) is 0 Å². The van der Waals surface area contributed by atoms with Gasteiger partial charge in [0.1, 0.15) is 0 Å². The molecule has 1 aromatic carbocycles. The maximum absolute atomic E-state index is 11.9. The Kier molecular flexibility index (Phi) is 5.67. The molecule has 0 aliphatic carbocycles. The van der Waals surface area contributed by atoms with Crippen molar-refractivity contribution in [1.29, 1.82) is 0 Å². The van der Waals surface area contributed by atoms with Gasteiger partial charge in [0.15, 0.2) is 0 Å². The largest absolute Gasteiger partial charge is 0.376 e. The zero-order valence-corrected chi connectivity index (χ0v) is 10.1. The summed E-state index contributed by atoms with van der Waals surface area (Å²) >= 11 is 0. The molecule has 0 heterocycles. The number of benzene rings is 1. The summed E-state index contributed by atoms with van der Waals surface area (Å²) in [6.07, 6.45) is 6.16. The highest BCUT2D eigenvalue weighted by Crippen LogP contribution is 2.04. The molecule has 0 spiro atoms. The first-order chi connectivity index (χ1) is 8.27. The van der Waals surface area contributed by atoms with Crippen LogP contribution in [0.25, 0.3) is 0 Å². The predicted octanol–water partition coefficient (Wildman–Crippen LogP) is 1.97.